The molecule has 2 aliphatic carbocycles. The standard InChI is InChI=1S/C29H32O6/c1-29(16-19-9-12-26(34-2)27(14-19)35-3)17-25(32)23(28(29)33)15-21(30)13-18-7-10-20(11-8-18)22-5-4-6-24(22)31/h7-12,14,22-23H,4-6,13,15-17H2,1-3H3. The summed E-state index contributed by atoms with van der Waals surface area (Å²) < 4.78 is 10.6. The molecule has 2 aromatic rings. The zero-order valence-corrected chi connectivity index (χ0v) is 20.6. The SMILES string of the molecule is COc1ccc(CC2(C)CC(=O)C(CC(=O)Cc3ccc(C4CCCC4=O)cc3)C2=O)cc1OC. The lowest BCUT2D eigenvalue weighted by molar-refractivity contribution is -0.133. The van der Waals surface area contributed by atoms with Crippen LogP contribution >= 0.6 is 0 Å². The summed E-state index contributed by atoms with van der Waals surface area (Å²) in [6.07, 6.45) is 3.07. The van der Waals surface area contributed by atoms with E-state index in [-0.39, 0.29) is 48.3 Å². The van der Waals surface area contributed by atoms with Crippen LogP contribution in [0.2, 0.25) is 0 Å². The number of ketones is 4. The van der Waals surface area contributed by atoms with Crippen molar-refractivity contribution >= 4 is 23.1 Å². The molecule has 2 aromatic carbocycles. The van der Waals surface area contributed by atoms with Gasteiger partial charge in [-0.1, -0.05) is 37.3 Å². The maximum absolute atomic E-state index is 13.3. The third kappa shape index (κ3) is 5.21. The van der Waals surface area contributed by atoms with Crippen LogP contribution in [0.1, 0.15) is 61.6 Å². The number of methoxy groups -OCH3 is 2. The second-order valence-electron chi connectivity index (χ2n) is 10.1. The minimum Gasteiger partial charge on any atom is -0.493 e. The van der Waals surface area contributed by atoms with E-state index in [4.69, 9.17) is 9.47 Å². The van der Waals surface area contributed by atoms with Crippen LogP contribution in [-0.4, -0.2) is 37.4 Å². The highest BCUT2D eigenvalue weighted by Gasteiger charge is 2.49. The highest BCUT2D eigenvalue weighted by molar-refractivity contribution is 6.14. The van der Waals surface area contributed by atoms with Gasteiger partial charge in [-0.15, -0.1) is 0 Å². The minimum absolute atomic E-state index is 0.0307. The van der Waals surface area contributed by atoms with Gasteiger partial charge in [0, 0.05) is 37.0 Å². The zero-order valence-electron chi connectivity index (χ0n) is 20.6. The molecule has 0 aliphatic heterocycles. The fourth-order valence-corrected chi connectivity index (χ4v) is 5.52. The Kier molecular flexibility index (Phi) is 7.20. The molecule has 35 heavy (non-hydrogen) atoms. The van der Waals surface area contributed by atoms with Gasteiger partial charge in [-0.25, -0.2) is 0 Å². The molecule has 0 amide bonds. The van der Waals surface area contributed by atoms with Crippen molar-refractivity contribution in [2.24, 2.45) is 11.3 Å². The van der Waals surface area contributed by atoms with Gasteiger partial charge in [-0.05, 0) is 48.1 Å². The van der Waals surface area contributed by atoms with Gasteiger partial charge in [0.15, 0.2) is 11.5 Å². The fraction of sp³-hybridized carbons (Fsp3) is 0.448. The van der Waals surface area contributed by atoms with Gasteiger partial charge in [0.25, 0.3) is 0 Å². The van der Waals surface area contributed by atoms with Crippen LogP contribution in [0.3, 0.4) is 0 Å². The molecule has 0 radical (unpaired) electrons. The van der Waals surface area contributed by atoms with Crippen molar-refractivity contribution in [3.8, 4) is 11.5 Å². The number of carbonyl (C=O) groups is 4. The number of rotatable bonds is 9. The largest absolute Gasteiger partial charge is 0.493 e. The van der Waals surface area contributed by atoms with Gasteiger partial charge in [-0.3, -0.25) is 19.2 Å². The summed E-state index contributed by atoms with van der Waals surface area (Å²) in [6.45, 7) is 1.80. The molecule has 6 heteroatoms. The Morgan fingerprint density at radius 2 is 1.63 bits per heavy atom. The normalized spacial score (nSPS) is 24.1. The first-order chi connectivity index (χ1) is 16.7. The molecular weight excluding hydrogens is 444 g/mol. The molecule has 2 fully saturated rings. The molecular formula is C29H32O6. The maximum atomic E-state index is 13.3. The van der Waals surface area contributed by atoms with Crippen LogP contribution in [0, 0.1) is 11.3 Å². The Labute approximate surface area is 206 Å². The predicted octanol–water partition coefficient (Wildman–Crippen LogP) is 4.45. The molecule has 184 valence electrons. The molecule has 3 atom stereocenters. The number of carbonyl (C=O) groups excluding carboxylic acids is 4. The molecule has 0 saturated heterocycles. The molecule has 0 N–H and O–H groups in total. The lowest BCUT2D eigenvalue weighted by Crippen LogP contribution is -2.29. The lowest BCUT2D eigenvalue weighted by Gasteiger charge is -2.22. The van der Waals surface area contributed by atoms with Crippen LogP contribution in [-0.2, 0) is 32.0 Å². The van der Waals surface area contributed by atoms with Crippen molar-refractivity contribution in [3.05, 3.63) is 59.2 Å². The molecule has 2 saturated carbocycles. The smallest absolute Gasteiger partial charge is 0.160 e. The van der Waals surface area contributed by atoms with Crippen LogP contribution in [0.4, 0.5) is 0 Å². The third-order valence-electron chi connectivity index (χ3n) is 7.43. The van der Waals surface area contributed by atoms with E-state index in [0.29, 0.717) is 24.3 Å². The first-order valence-corrected chi connectivity index (χ1v) is 12.2. The average molecular weight is 477 g/mol. The van der Waals surface area contributed by atoms with E-state index in [2.05, 4.69) is 0 Å². The quantitative estimate of drug-likeness (QED) is 0.497. The highest BCUT2D eigenvalue weighted by atomic mass is 16.5. The Bertz CT molecular complexity index is 1150. The van der Waals surface area contributed by atoms with Gasteiger partial charge < -0.3 is 9.47 Å². The van der Waals surface area contributed by atoms with E-state index in [1.54, 1.807) is 27.2 Å². The molecule has 0 bridgehead atoms. The summed E-state index contributed by atoms with van der Waals surface area (Å²) in [5.74, 6) is 0.0731. The maximum Gasteiger partial charge on any atom is 0.160 e. The Morgan fingerprint density at radius 1 is 0.943 bits per heavy atom. The van der Waals surface area contributed by atoms with E-state index in [0.717, 1.165) is 29.5 Å². The molecule has 3 unspecified atom stereocenters. The number of benzene rings is 2. The van der Waals surface area contributed by atoms with Crippen molar-refractivity contribution < 1.29 is 28.7 Å². The third-order valence-corrected chi connectivity index (χ3v) is 7.43. The van der Waals surface area contributed by atoms with Crippen molar-refractivity contribution in [1.82, 2.24) is 0 Å². The van der Waals surface area contributed by atoms with E-state index < -0.39 is 11.3 Å². The van der Waals surface area contributed by atoms with Gasteiger partial charge in [-0.2, -0.15) is 0 Å². The average Bonchev–Trinajstić information content (AvgIpc) is 3.35. The Hall–Kier alpha value is -3.28. The molecule has 4 rings (SSSR count). The van der Waals surface area contributed by atoms with Crippen molar-refractivity contribution in [2.75, 3.05) is 14.2 Å². The first-order valence-electron chi connectivity index (χ1n) is 12.2. The zero-order chi connectivity index (χ0) is 25.2. The van der Waals surface area contributed by atoms with Gasteiger partial charge in [0.2, 0.25) is 0 Å². The number of hydrogen-bond acceptors (Lipinski definition) is 6. The number of hydrogen-bond donors (Lipinski definition) is 0. The predicted molar refractivity (Wildman–Crippen MR) is 131 cm³/mol. The summed E-state index contributed by atoms with van der Waals surface area (Å²) in [4.78, 5) is 50.8. The second kappa shape index (κ2) is 10.1. The molecule has 6 nitrogen and oxygen atoms in total. The van der Waals surface area contributed by atoms with Crippen LogP contribution in [0.5, 0.6) is 11.5 Å². The van der Waals surface area contributed by atoms with Gasteiger partial charge in [0.1, 0.15) is 23.1 Å². The summed E-state index contributed by atoms with van der Waals surface area (Å²) in [6, 6.07) is 13.1. The summed E-state index contributed by atoms with van der Waals surface area (Å²) >= 11 is 0. The van der Waals surface area contributed by atoms with Gasteiger partial charge >= 0.3 is 0 Å². The summed E-state index contributed by atoms with van der Waals surface area (Å²) in [7, 11) is 3.11. The lowest BCUT2D eigenvalue weighted by atomic mass is 9.79. The van der Waals surface area contributed by atoms with Crippen molar-refractivity contribution in [3.63, 3.8) is 0 Å². The minimum atomic E-state index is -0.886. The number of ether oxygens (including phenoxy) is 2. The van der Waals surface area contributed by atoms with E-state index in [9.17, 15) is 19.2 Å². The monoisotopic (exact) mass is 476 g/mol. The van der Waals surface area contributed by atoms with E-state index in [1.807, 2.05) is 36.4 Å². The van der Waals surface area contributed by atoms with Crippen LogP contribution in [0.15, 0.2) is 42.5 Å². The van der Waals surface area contributed by atoms with Gasteiger partial charge in [0.05, 0.1) is 20.1 Å². The Balaban J connectivity index is 1.39. The summed E-state index contributed by atoms with van der Waals surface area (Å²) in [5.41, 5.74) is 1.85. The molecule has 2 aliphatic rings. The molecule has 0 aromatic heterocycles. The fourth-order valence-electron chi connectivity index (χ4n) is 5.52. The van der Waals surface area contributed by atoms with E-state index >= 15 is 0 Å². The molecule has 0 spiro atoms. The van der Waals surface area contributed by atoms with Crippen LogP contribution in [0.25, 0.3) is 0 Å². The second-order valence-corrected chi connectivity index (χ2v) is 10.1. The topological polar surface area (TPSA) is 86.7 Å². The molecule has 0 heterocycles. The van der Waals surface area contributed by atoms with Crippen LogP contribution < -0.4 is 9.47 Å². The Morgan fingerprint density at radius 3 is 2.26 bits per heavy atom. The van der Waals surface area contributed by atoms with Crippen molar-refractivity contribution in [2.45, 2.75) is 57.8 Å². The highest BCUT2D eigenvalue weighted by Crippen LogP contribution is 2.41. The van der Waals surface area contributed by atoms with Crippen molar-refractivity contribution in [1.29, 1.82) is 0 Å². The number of Topliss-reactive ketones (excluding diaryl/α,β-unsaturated/α-hetero) is 4. The van der Waals surface area contributed by atoms with E-state index in [1.165, 1.54) is 0 Å². The summed E-state index contributed by atoms with van der Waals surface area (Å²) in [5, 5.41) is 0. The first kappa shape index (κ1) is 24.8.